The van der Waals surface area contributed by atoms with Crippen molar-refractivity contribution in [1.82, 2.24) is 9.71 Å². The topological polar surface area (TPSA) is 149 Å². The summed E-state index contributed by atoms with van der Waals surface area (Å²) >= 11 is 1.28. The van der Waals surface area contributed by atoms with Crippen LogP contribution in [0.4, 0.5) is 5.13 Å². The number of guanidine groups is 1. The first-order chi connectivity index (χ1) is 10.3. The Morgan fingerprint density at radius 3 is 2.95 bits per heavy atom. The highest BCUT2D eigenvalue weighted by molar-refractivity contribution is 7.89. The van der Waals surface area contributed by atoms with Crippen LogP contribution in [0.15, 0.2) is 31.9 Å². The van der Waals surface area contributed by atoms with Gasteiger partial charge in [0.05, 0.1) is 19.1 Å². The summed E-state index contributed by atoms with van der Waals surface area (Å²) < 4.78 is 29.4. The molecule has 0 spiro atoms. The van der Waals surface area contributed by atoms with E-state index in [1.165, 1.54) is 11.3 Å². The quantitative estimate of drug-likeness (QED) is 0.510. The zero-order valence-corrected chi connectivity index (χ0v) is 13.2. The lowest BCUT2D eigenvalue weighted by Crippen LogP contribution is -2.21. The van der Waals surface area contributed by atoms with E-state index >= 15 is 0 Å². The molecule has 9 nitrogen and oxygen atoms in total. The predicted molar refractivity (Wildman–Crippen MR) is 85.5 cm³/mol. The minimum absolute atomic E-state index is 0.0613. The van der Waals surface area contributed by atoms with Crippen molar-refractivity contribution in [3.05, 3.63) is 23.3 Å². The third-order valence-corrected chi connectivity index (χ3v) is 3.50. The number of aliphatic imine (C=N–C) groups is 2. The van der Waals surface area contributed by atoms with E-state index in [2.05, 4.69) is 19.7 Å². The lowest BCUT2D eigenvalue weighted by molar-refractivity contribution is 0.524. The molecule has 22 heavy (non-hydrogen) atoms. The Kier molecular flexibility index (Phi) is 4.78. The molecule has 0 bridgehead atoms. The molecule has 0 saturated carbocycles. The highest BCUT2D eigenvalue weighted by atomic mass is 32.2. The van der Waals surface area contributed by atoms with E-state index in [1.54, 1.807) is 17.5 Å². The van der Waals surface area contributed by atoms with E-state index in [9.17, 15) is 8.42 Å². The van der Waals surface area contributed by atoms with Gasteiger partial charge in [-0.05, 0) is 12.1 Å². The SMILES string of the molecule is CS(=O)(=O)NC=NCc1ccc(-c2csc(N=C(N)N)n2)o1. The number of thiazole rings is 1. The largest absolute Gasteiger partial charge is 0.457 e. The van der Waals surface area contributed by atoms with Gasteiger partial charge in [0.15, 0.2) is 11.7 Å². The molecule has 0 amide bonds. The van der Waals surface area contributed by atoms with Gasteiger partial charge in [-0.3, -0.25) is 9.71 Å². The summed E-state index contributed by atoms with van der Waals surface area (Å²) in [6, 6.07) is 3.47. The summed E-state index contributed by atoms with van der Waals surface area (Å²) in [7, 11) is -3.29. The number of hydrogen-bond donors (Lipinski definition) is 3. The van der Waals surface area contributed by atoms with E-state index in [1.807, 2.05) is 0 Å². The Hall–Kier alpha value is -2.40. The Balaban J connectivity index is 2.02. The summed E-state index contributed by atoms with van der Waals surface area (Å²) in [4.78, 5) is 12.0. The van der Waals surface area contributed by atoms with Crippen LogP contribution in [0.25, 0.3) is 11.5 Å². The van der Waals surface area contributed by atoms with Gasteiger partial charge in [-0.25, -0.2) is 13.4 Å². The minimum atomic E-state index is -3.29. The Morgan fingerprint density at radius 1 is 1.50 bits per heavy atom. The van der Waals surface area contributed by atoms with Gasteiger partial charge in [0, 0.05) is 5.38 Å². The molecule has 0 saturated heterocycles. The highest BCUT2D eigenvalue weighted by Gasteiger charge is 2.09. The van der Waals surface area contributed by atoms with Crippen molar-refractivity contribution < 1.29 is 12.8 Å². The van der Waals surface area contributed by atoms with Gasteiger partial charge in [0.2, 0.25) is 15.2 Å². The molecule has 2 heterocycles. The van der Waals surface area contributed by atoms with Crippen LogP contribution in [0.2, 0.25) is 0 Å². The molecule has 5 N–H and O–H groups in total. The average Bonchev–Trinajstić information content (AvgIpc) is 3.01. The maximum absolute atomic E-state index is 10.8. The van der Waals surface area contributed by atoms with Crippen molar-refractivity contribution >= 4 is 38.8 Å². The van der Waals surface area contributed by atoms with Gasteiger partial charge < -0.3 is 15.9 Å². The monoisotopic (exact) mass is 342 g/mol. The van der Waals surface area contributed by atoms with Gasteiger partial charge in [-0.15, -0.1) is 11.3 Å². The third kappa shape index (κ3) is 4.86. The van der Waals surface area contributed by atoms with Gasteiger partial charge in [-0.2, -0.15) is 4.99 Å². The molecule has 0 radical (unpaired) electrons. The first-order valence-corrected chi connectivity index (χ1v) is 8.70. The Bertz CT molecular complexity index is 801. The van der Waals surface area contributed by atoms with Crippen LogP contribution in [0.3, 0.4) is 0 Å². The molecule has 0 atom stereocenters. The van der Waals surface area contributed by atoms with Crippen molar-refractivity contribution in [2.75, 3.05) is 6.26 Å². The number of hydrogen-bond acceptors (Lipinski definition) is 7. The number of rotatable bonds is 6. The smallest absolute Gasteiger partial charge is 0.230 e. The van der Waals surface area contributed by atoms with Crippen LogP contribution in [-0.2, 0) is 16.6 Å². The fourth-order valence-electron chi connectivity index (χ4n) is 1.41. The molecule has 0 aliphatic rings. The van der Waals surface area contributed by atoms with E-state index < -0.39 is 10.0 Å². The summed E-state index contributed by atoms with van der Waals surface area (Å²) in [6.45, 7) is 0.202. The highest BCUT2D eigenvalue weighted by Crippen LogP contribution is 2.28. The number of nitrogens with one attached hydrogen (secondary N) is 1. The van der Waals surface area contributed by atoms with Crippen LogP contribution in [0.1, 0.15) is 5.76 Å². The van der Waals surface area contributed by atoms with Crippen molar-refractivity contribution in [1.29, 1.82) is 0 Å². The molecular weight excluding hydrogens is 328 g/mol. The molecule has 118 valence electrons. The molecule has 0 fully saturated rings. The number of sulfonamides is 1. The minimum Gasteiger partial charge on any atom is -0.457 e. The van der Waals surface area contributed by atoms with Crippen LogP contribution in [-0.4, -0.2) is 32.0 Å². The van der Waals surface area contributed by atoms with Crippen LogP contribution < -0.4 is 16.2 Å². The number of nitrogens with zero attached hydrogens (tertiary/aromatic N) is 3. The number of nitrogens with two attached hydrogens (primary N) is 2. The summed E-state index contributed by atoms with van der Waals surface area (Å²) in [6.07, 6.45) is 2.15. The standard InChI is InChI=1S/C11H14N6O3S2/c1-22(18,19)15-6-14-4-7-2-3-9(20-7)8-5-21-11(16-8)17-10(12)13/h2-3,5-6H,4H2,1H3,(H,14,15)(H4,12,13,16,17). The van der Waals surface area contributed by atoms with Crippen LogP contribution >= 0.6 is 11.3 Å². The molecule has 0 aliphatic carbocycles. The van der Waals surface area contributed by atoms with E-state index in [4.69, 9.17) is 15.9 Å². The Morgan fingerprint density at radius 2 is 2.27 bits per heavy atom. The first kappa shape index (κ1) is 16.0. The lowest BCUT2D eigenvalue weighted by Gasteiger charge is -1.94. The van der Waals surface area contributed by atoms with Crippen molar-refractivity contribution in [2.24, 2.45) is 21.5 Å². The molecule has 2 aromatic heterocycles. The zero-order chi connectivity index (χ0) is 16.2. The molecule has 2 aromatic rings. The summed E-state index contributed by atoms with van der Waals surface area (Å²) in [5.74, 6) is 1.06. The van der Waals surface area contributed by atoms with Crippen molar-refractivity contribution in [2.45, 2.75) is 6.54 Å². The fraction of sp³-hybridized carbons (Fsp3) is 0.182. The second-order valence-corrected chi connectivity index (χ2v) is 6.79. The van der Waals surface area contributed by atoms with E-state index in [-0.39, 0.29) is 12.5 Å². The molecular formula is C11H14N6O3S2. The normalized spacial score (nSPS) is 11.7. The molecule has 2 rings (SSSR count). The second kappa shape index (κ2) is 6.58. The number of aromatic nitrogens is 1. The first-order valence-electron chi connectivity index (χ1n) is 5.93. The van der Waals surface area contributed by atoms with Crippen molar-refractivity contribution in [3.63, 3.8) is 0 Å². The number of furan rings is 1. The Labute approximate surface area is 130 Å². The van der Waals surface area contributed by atoms with Crippen LogP contribution in [0, 0.1) is 0 Å². The third-order valence-electron chi connectivity index (χ3n) is 2.24. The fourth-order valence-corrected chi connectivity index (χ4v) is 2.37. The van der Waals surface area contributed by atoms with Gasteiger partial charge >= 0.3 is 0 Å². The van der Waals surface area contributed by atoms with E-state index in [0.717, 1.165) is 12.6 Å². The van der Waals surface area contributed by atoms with E-state index in [0.29, 0.717) is 22.3 Å². The molecule has 0 unspecified atom stereocenters. The van der Waals surface area contributed by atoms with Crippen LogP contribution in [0.5, 0.6) is 0 Å². The maximum atomic E-state index is 10.8. The summed E-state index contributed by atoms with van der Waals surface area (Å²) in [5, 5.41) is 2.20. The van der Waals surface area contributed by atoms with Gasteiger partial charge in [0.25, 0.3) is 0 Å². The van der Waals surface area contributed by atoms with Gasteiger partial charge in [-0.1, -0.05) is 0 Å². The lowest BCUT2D eigenvalue weighted by atomic mass is 10.3. The van der Waals surface area contributed by atoms with Gasteiger partial charge in [0.1, 0.15) is 11.5 Å². The maximum Gasteiger partial charge on any atom is 0.230 e. The second-order valence-electron chi connectivity index (χ2n) is 4.18. The van der Waals surface area contributed by atoms with Crippen molar-refractivity contribution in [3.8, 4) is 11.5 Å². The average molecular weight is 342 g/mol. The zero-order valence-electron chi connectivity index (χ0n) is 11.6. The molecule has 0 aliphatic heterocycles. The predicted octanol–water partition coefficient (Wildman–Crippen LogP) is 0.386. The molecule has 11 heteroatoms. The molecule has 0 aromatic carbocycles. The summed E-state index contributed by atoms with van der Waals surface area (Å²) in [5.41, 5.74) is 11.2.